The molecule has 9 heteroatoms. The largest absolute Gasteiger partial charge is 0.355 e. The monoisotopic (exact) mass is 465 g/mol. The maximum Gasteiger partial charge on any atom is 0.244 e. The van der Waals surface area contributed by atoms with Gasteiger partial charge in [-0.15, -0.1) is 0 Å². The van der Waals surface area contributed by atoms with Crippen molar-refractivity contribution in [1.82, 2.24) is 10.2 Å². The molecular weight excluding hydrogens is 438 g/mol. The molecule has 0 fully saturated rings. The summed E-state index contributed by atoms with van der Waals surface area (Å²) in [6.45, 7) is 3.82. The van der Waals surface area contributed by atoms with Crippen LogP contribution in [0, 0.1) is 0 Å². The molecule has 0 heterocycles. The van der Waals surface area contributed by atoms with Gasteiger partial charge in [0.25, 0.3) is 0 Å². The molecule has 2 amide bonds. The lowest BCUT2D eigenvalue weighted by Crippen LogP contribution is -2.52. The molecule has 31 heavy (non-hydrogen) atoms. The molecule has 0 aliphatic heterocycles. The predicted molar refractivity (Wildman–Crippen MR) is 123 cm³/mol. The van der Waals surface area contributed by atoms with Gasteiger partial charge in [-0.3, -0.25) is 13.9 Å². The highest BCUT2D eigenvalue weighted by Gasteiger charge is 2.31. The molecule has 0 saturated heterocycles. The van der Waals surface area contributed by atoms with E-state index in [-0.39, 0.29) is 12.5 Å². The summed E-state index contributed by atoms with van der Waals surface area (Å²) in [5.74, 6) is -0.742. The number of carbonyl (C=O) groups excluding carboxylic acids is 2. The van der Waals surface area contributed by atoms with E-state index in [1.807, 2.05) is 37.3 Å². The van der Waals surface area contributed by atoms with Crippen LogP contribution in [0.3, 0.4) is 0 Å². The summed E-state index contributed by atoms with van der Waals surface area (Å²) < 4.78 is 25.9. The van der Waals surface area contributed by atoms with E-state index in [4.69, 9.17) is 11.6 Å². The zero-order chi connectivity index (χ0) is 23.0. The molecule has 168 valence electrons. The Hall–Kier alpha value is -2.58. The molecule has 1 atom stereocenters. The van der Waals surface area contributed by atoms with Crippen LogP contribution in [0.15, 0.2) is 54.6 Å². The van der Waals surface area contributed by atoms with Crippen LogP contribution < -0.4 is 9.62 Å². The van der Waals surface area contributed by atoms with Crippen LogP contribution in [-0.2, 0) is 26.2 Å². The Kier molecular flexibility index (Phi) is 8.88. The van der Waals surface area contributed by atoms with Crippen molar-refractivity contribution in [1.29, 1.82) is 0 Å². The van der Waals surface area contributed by atoms with E-state index >= 15 is 0 Å². The van der Waals surface area contributed by atoms with Crippen LogP contribution in [0.25, 0.3) is 0 Å². The minimum atomic E-state index is -3.75. The molecule has 1 N–H and O–H groups in total. The van der Waals surface area contributed by atoms with Gasteiger partial charge >= 0.3 is 0 Å². The number of rotatable bonds is 10. The summed E-state index contributed by atoms with van der Waals surface area (Å²) in [4.78, 5) is 27.5. The van der Waals surface area contributed by atoms with Crippen molar-refractivity contribution in [2.45, 2.75) is 32.9 Å². The highest BCUT2D eigenvalue weighted by Crippen LogP contribution is 2.21. The average molecular weight is 466 g/mol. The predicted octanol–water partition coefficient (Wildman–Crippen LogP) is 3.05. The van der Waals surface area contributed by atoms with E-state index in [1.165, 1.54) is 4.90 Å². The van der Waals surface area contributed by atoms with E-state index in [1.54, 1.807) is 31.2 Å². The minimum absolute atomic E-state index is 0.188. The number of sulfonamides is 1. The molecule has 0 aliphatic rings. The summed E-state index contributed by atoms with van der Waals surface area (Å²) in [6, 6.07) is 14.8. The van der Waals surface area contributed by atoms with E-state index in [2.05, 4.69) is 5.32 Å². The number of nitrogens with one attached hydrogen (secondary N) is 1. The number of likely N-dealkylation sites (N-methyl/N-ethyl adjacent to an activating group) is 1. The first kappa shape index (κ1) is 24.7. The number of nitrogens with zero attached hydrogens (tertiary/aromatic N) is 2. The topological polar surface area (TPSA) is 86.8 Å². The van der Waals surface area contributed by atoms with Crippen molar-refractivity contribution in [3.63, 3.8) is 0 Å². The third-order valence-electron chi connectivity index (χ3n) is 4.73. The summed E-state index contributed by atoms with van der Waals surface area (Å²) in [6.07, 6.45) is 1.43. The van der Waals surface area contributed by atoms with Crippen LogP contribution >= 0.6 is 11.6 Å². The molecule has 0 spiro atoms. The summed E-state index contributed by atoms with van der Waals surface area (Å²) in [5.41, 5.74) is 1.17. The molecule has 0 bridgehead atoms. The van der Waals surface area contributed by atoms with E-state index in [0.717, 1.165) is 16.1 Å². The second-order valence-electron chi connectivity index (χ2n) is 7.07. The summed E-state index contributed by atoms with van der Waals surface area (Å²) in [7, 11) is -3.75. The van der Waals surface area contributed by atoms with Crippen molar-refractivity contribution >= 4 is 39.1 Å². The third-order valence-corrected chi connectivity index (χ3v) is 6.12. The molecule has 0 unspecified atom stereocenters. The highest BCUT2D eigenvalue weighted by atomic mass is 35.5. The second-order valence-corrected chi connectivity index (χ2v) is 9.42. The molecule has 2 aromatic carbocycles. The molecule has 0 saturated carbocycles. The van der Waals surface area contributed by atoms with Crippen molar-refractivity contribution in [3.05, 3.63) is 65.2 Å². The number of hydrogen-bond donors (Lipinski definition) is 1. The van der Waals surface area contributed by atoms with Crippen molar-refractivity contribution < 1.29 is 18.0 Å². The smallest absolute Gasteiger partial charge is 0.244 e. The lowest BCUT2D eigenvalue weighted by Gasteiger charge is -2.32. The lowest BCUT2D eigenvalue weighted by molar-refractivity contribution is -0.140. The quantitative estimate of drug-likeness (QED) is 0.584. The number of benzene rings is 2. The minimum Gasteiger partial charge on any atom is -0.355 e. The summed E-state index contributed by atoms with van der Waals surface area (Å²) >= 11 is 5.91. The van der Waals surface area contributed by atoms with Crippen LogP contribution in [-0.4, -0.2) is 50.5 Å². The van der Waals surface area contributed by atoms with Gasteiger partial charge in [0, 0.05) is 18.1 Å². The van der Waals surface area contributed by atoms with Gasteiger partial charge in [0.05, 0.1) is 11.9 Å². The molecule has 0 aromatic heterocycles. The Morgan fingerprint density at radius 3 is 2.16 bits per heavy atom. The first-order valence-electron chi connectivity index (χ1n) is 10.0. The Morgan fingerprint density at radius 1 is 1.03 bits per heavy atom. The molecule has 2 rings (SSSR count). The van der Waals surface area contributed by atoms with Gasteiger partial charge in [-0.2, -0.15) is 0 Å². The summed E-state index contributed by atoms with van der Waals surface area (Å²) in [5, 5.41) is 3.21. The molecular formula is C22H28ClN3O4S. The van der Waals surface area contributed by atoms with Crippen LogP contribution in [0.2, 0.25) is 5.02 Å². The molecule has 2 aromatic rings. The van der Waals surface area contributed by atoms with Gasteiger partial charge in [-0.1, -0.05) is 48.9 Å². The van der Waals surface area contributed by atoms with Crippen molar-refractivity contribution in [3.8, 4) is 0 Å². The maximum absolute atomic E-state index is 13.4. The lowest BCUT2D eigenvalue weighted by atomic mass is 10.1. The van der Waals surface area contributed by atoms with Gasteiger partial charge in [0.1, 0.15) is 12.6 Å². The number of anilines is 1. The van der Waals surface area contributed by atoms with Crippen molar-refractivity contribution in [2.75, 3.05) is 23.7 Å². The normalized spacial score (nSPS) is 12.1. The number of amides is 2. The fraction of sp³-hybridized carbons (Fsp3) is 0.364. The van der Waals surface area contributed by atoms with Crippen LogP contribution in [0.5, 0.6) is 0 Å². The first-order chi connectivity index (χ1) is 14.7. The van der Waals surface area contributed by atoms with Crippen LogP contribution in [0.4, 0.5) is 5.69 Å². The van der Waals surface area contributed by atoms with Gasteiger partial charge in [-0.25, -0.2) is 8.42 Å². The Labute approximate surface area is 189 Å². The highest BCUT2D eigenvalue weighted by molar-refractivity contribution is 7.92. The Morgan fingerprint density at radius 2 is 1.65 bits per heavy atom. The van der Waals surface area contributed by atoms with E-state index in [0.29, 0.717) is 23.7 Å². The molecule has 0 radical (unpaired) electrons. The Bertz CT molecular complexity index is 982. The second kappa shape index (κ2) is 11.2. The number of halogens is 1. The fourth-order valence-corrected chi connectivity index (χ4v) is 4.19. The zero-order valence-corrected chi connectivity index (χ0v) is 19.5. The third kappa shape index (κ3) is 6.97. The van der Waals surface area contributed by atoms with Gasteiger partial charge in [0.2, 0.25) is 21.8 Å². The SMILES string of the molecule is CCNC(=O)[C@@H](CC)N(Cc1ccccc1)C(=O)CN(c1ccc(Cl)cc1)S(C)(=O)=O. The first-order valence-corrected chi connectivity index (χ1v) is 12.2. The molecule has 7 nitrogen and oxygen atoms in total. The standard InChI is InChI=1S/C22H28ClN3O4S/c1-4-20(22(28)24-5-2)25(15-17-9-7-6-8-10-17)21(27)16-26(31(3,29)30)19-13-11-18(23)12-14-19/h6-14,20H,4-5,15-16H2,1-3H3,(H,24,28)/t20-/m1/s1. The number of hydrogen-bond acceptors (Lipinski definition) is 4. The van der Waals surface area contributed by atoms with E-state index in [9.17, 15) is 18.0 Å². The average Bonchev–Trinajstić information content (AvgIpc) is 2.72. The molecule has 0 aliphatic carbocycles. The fourth-order valence-electron chi connectivity index (χ4n) is 3.21. The zero-order valence-electron chi connectivity index (χ0n) is 17.9. The Balaban J connectivity index is 2.39. The van der Waals surface area contributed by atoms with E-state index < -0.39 is 28.5 Å². The van der Waals surface area contributed by atoms with Gasteiger partial charge in [0.15, 0.2) is 0 Å². The van der Waals surface area contributed by atoms with Gasteiger partial charge in [-0.05, 0) is 43.2 Å². The van der Waals surface area contributed by atoms with Gasteiger partial charge < -0.3 is 10.2 Å². The maximum atomic E-state index is 13.4. The number of carbonyl (C=O) groups is 2. The van der Waals surface area contributed by atoms with Crippen molar-refractivity contribution in [2.24, 2.45) is 0 Å². The van der Waals surface area contributed by atoms with Crippen LogP contribution in [0.1, 0.15) is 25.8 Å².